The molecule has 2 aromatic carbocycles. The number of benzene rings is 2. The molecule has 6 nitrogen and oxygen atoms in total. The van der Waals surface area contributed by atoms with Crippen LogP contribution in [0.25, 0.3) is 0 Å². The van der Waals surface area contributed by atoms with Crippen molar-refractivity contribution >= 4 is 42.9 Å². The molecule has 138 valence electrons. The fourth-order valence-corrected chi connectivity index (χ4v) is 7.31. The third-order valence-corrected chi connectivity index (χ3v) is 8.58. The third-order valence-electron chi connectivity index (χ3n) is 4.16. The summed E-state index contributed by atoms with van der Waals surface area (Å²) in [5.41, 5.74) is 0.804. The predicted octanol–water partition coefficient (Wildman–Crippen LogP) is 2.55. The summed E-state index contributed by atoms with van der Waals surface area (Å²) in [7, 11) is -7.05. The van der Waals surface area contributed by atoms with Gasteiger partial charge in [0, 0.05) is 16.3 Å². The van der Waals surface area contributed by atoms with E-state index in [1.165, 1.54) is 24.3 Å². The lowest BCUT2D eigenvalue weighted by molar-refractivity contribution is 0.102. The van der Waals surface area contributed by atoms with Crippen molar-refractivity contribution in [1.82, 2.24) is 0 Å². The first-order chi connectivity index (χ1) is 12.2. The van der Waals surface area contributed by atoms with Gasteiger partial charge in [0.2, 0.25) is 0 Å². The van der Waals surface area contributed by atoms with Crippen molar-refractivity contribution in [3.8, 4) is 0 Å². The van der Waals surface area contributed by atoms with Gasteiger partial charge >= 0.3 is 0 Å². The molecule has 0 aromatic heterocycles. The predicted molar refractivity (Wildman–Crippen MR) is 100 cm³/mol. The summed E-state index contributed by atoms with van der Waals surface area (Å²) in [6.07, 6.45) is 0.0989. The lowest BCUT2D eigenvalue weighted by Crippen LogP contribution is -2.22. The Hall–Kier alpha value is -1.90. The van der Waals surface area contributed by atoms with Gasteiger partial charge in [-0.05, 0) is 48.9 Å². The van der Waals surface area contributed by atoms with Gasteiger partial charge in [0.15, 0.2) is 19.7 Å². The summed E-state index contributed by atoms with van der Waals surface area (Å²) in [6.45, 7) is 0. The van der Waals surface area contributed by atoms with Gasteiger partial charge in [0.25, 0.3) is 5.91 Å². The van der Waals surface area contributed by atoms with Gasteiger partial charge in [-0.3, -0.25) is 4.79 Å². The number of rotatable bonds is 4. The molecule has 1 atom stereocenters. The van der Waals surface area contributed by atoms with Crippen molar-refractivity contribution in [3.05, 3.63) is 59.1 Å². The quantitative estimate of drug-likeness (QED) is 0.830. The molecule has 2 aromatic rings. The van der Waals surface area contributed by atoms with Crippen LogP contribution in [0, 0.1) is 0 Å². The summed E-state index contributed by atoms with van der Waals surface area (Å²) in [4.78, 5) is 12.3. The summed E-state index contributed by atoms with van der Waals surface area (Å²) in [5, 5.41) is 2.22. The summed E-state index contributed by atoms with van der Waals surface area (Å²) in [6, 6.07) is 12.1. The zero-order valence-electron chi connectivity index (χ0n) is 13.6. The number of halogens is 1. The van der Waals surface area contributed by atoms with Gasteiger partial charge in [-0.2, -0.15) is 0 Å². The lowest BCUT2D eigenvalue weighted by Gasteiger charge is -2.11. The fraction of sp³-hybridized carbons (Fsp3) is 0.235. The molecule has 0 radical (unpaired) electrons. The number of anilines is 1. The molecule has 1 fully saturated rings. The monoisotopic (exact) mass is 413 g/mol. The van der Waals surface area contributed by atoms with E-state index in [0.29, 0.717) is 10.7 Å². The van der Waals surface area contributed by atoms with Gasteiger partial charge in [0.1, 0.15) is 0 Å². The van der Waals surface area contributed by atoms with E-state index < -0.39 is 30.8 Å². The first-order valence-electron chi connectivity index (χ1n) is 7.79. The molecule has 0 bridgehead atoms. The van der Waals surface area contributed by atoms with Gasteiger partial charge in [-0.25, -0.2) is 16.8 Å². The van der Waals surface area contributed by atoms with E-state index >= 15 is 0 Å². The largest absolute Gasteiger partial charge is 0.322 e. The van der Waals surface area contributed by atoms with Crippen LogP contribution in [-0.2, 0) is 19.7 Å². The Morgan fingerprint density at radius 1 is 1.12 bits per heavy atom. The molecule has 1 aliphatic heterocycles. The Bertz CT molecular complexity index is 1050. The van der Waals surface area contributed by atoms with Crippen LogP contribution in [0.4, 0.5) is 5.69 Å². The van der Waals surface area contributed by atoms with Crippen molar-refractivity contribution < 1.29 is 21.6 Å². The SMILES string of the molecule is O=C(Nc1cccc(Cl)c1)c1ccc(S(=O)(=O)[C@H]2CCS(=O)(=O)C2)cc1. The van der Waals surface area contributed by atoms with Crippen molar-refractivity contribution in [2.45, 2.75) is 16.6 Å². The highest BCUT2D eigenvalue weighted by molar-refractivity contribution is 7.96. The third kappa shape index (κ3) is 4.08. The topological polar surface area (TPSA) is 97.4 Å². The minimum absolute atomic E-state index is 0.0129. The highest BCUT2D eigenvalue weighted by Gasteiger charge is 2.37. The van der Waals surface area contributed by atoms with E-state index in [4.69, 9.17) is 11.6 Å². The highest BCUT2D eigenvalue weighted by Crippen LogP contribution is 2.25. The second-order valence-corrected chi connectivity index (χ2v) is 11.0. The minimum atomic E-state index is -3.75. The smallest absolute Gasteiger partial charge is 0.255 e. The molecule has 1 amide bonds. The van der Waals surface area contributed by atoms with Crippen LogP contribution in [0.15, 0.2) is 53.4 Å². The molecular formula is C17H16ClNO5S2. The maximum Gasteiger partial charge on any atom is 0.255 e. The Morgan fingerprint density at radius 2 is 1.81 bits per heavy atom. The average molecular weight is 414 g/mol. The molecule has 1 aliphatic rings. The molecule has 0 unspecified atom stereocenters. The normalized spacial score (nSPS) is 19.2. The summed E-state index contributed by atoms with van der Waals surface area (Å²) < 4.78 is 48.2. The maximum atomic E-state index is 12.6. The molecule has 1 heterocycles. The second kappa shape index (κ2) is 7.02. The number of carbonyl (C=O) groups is 1. The number of hydrogen-bond donors (Lipinski definition) is 1. The average Bonchev–Trinajstić information content (AvgIpc) is 2.96. The van der Waals surface area contributed by atoms with E-state index in [1.807, 2.05) is 0 Å². The Labute approximate surface area is 157 Å². The fourth-order valence-electron chi connectivity index (χ4n) is 2.76. The molecular weight excluding hydrogens is 398 g/mol. The van der Waals surface area contributed by atoms with Crippen LogP contribution in [0.5, 0.6) is 0 Å². The number of carbonyl (C=O) groups excluding carboxylic acids is 1. The van der Waals surface area contributed by atoms with Crippen molar-refractivity contribution in [2.24, 2.45) is 0 Å². The van der Waals surface area contributed by atoms with Crippen LogP contribution in [0.2, 0.25) is 5.02 Å². The first-order valence-corrected chi connectivity index (χ1v) is 11.5. The maximum absolute atomic E-state index is 12.6. The van der Waals surface area contributed by atoms with Crippen molar-refractivity contribution in [1.29, 1.82) is 0 Å². The van der Waals surface area contributed by atoms with E-state index in [2.05, 4.69) is 5.32 Å². The van der Waals surface area contributed by atoms with Gasteiger partial charge in [0.05, 0.1) is 21.7 Å². The van der Waals surface area contributed by atoms with E-state index in [1.54, 1.807) is 24.3 Å². The molecule has 26 heavy (non-hydrogen) atoms. The van der Waals surface area contributed by atoms with Crippen LogP contribution in [-0.4, -0.2) is 39.5 Å². The van der Waals surface area contributed by atoms with Gasteiger partial charge in [-0.1, -0.05) is 17.7 Å². The van der Waals surface area contributed by atoms with Gasteiger partial charge < -0.3 is 5.32 Å². The summed E-state index contributed by atoms with van der Waals surface area (Å²) in [5.74, 6) is -0.872. The van der Waals surface area contributed by atoms with Crippen LogP contribution >= 0.6 is 11.6 Å². The Kier molecular flexibility index (Phi) is 5.09. The van der Waals surface area contributed by atoms with E-state index in [9.17, 15) is 21.6 Å². The highest BCUT2D eigenvalue weighted by atomic mass is 35.5. The zero-order chi connectivity index (χ0) is 18.9. The van der Waals surface area contributed by atoms with Crippen LogP contribution < -0.4 is 5.32 Å². The van der Waals surface area contributed by atoms with Crippen molar-refractivity contribution in [3.63, 3.8) is 0 Å². The standard InChI is InChI=1S/C17H16ClNO5S2/c18-13-2-1-3-14(10-13)19-17(20)12-4-6-15(7-5-12)26(23,24)16-8-9-25(21,22)11-16/h1-7,10,16H,8-9,11H2,(H,19,20)/t16-/m0/s1. The summed E-state index contributed by atoms with van der Waals surface area (Å²) >= 11 is 5.87. The van der Waals surface area contributed by atoms with Crippen LogP contribution in [0.1, 0.15) is 16.8 Å². The molecule has 1 N–H and O–H groups in total. The molecule has 9 heteroatoms. The Balaban J connectivity index is 1.77. The minimum Gasteiger partial charge on any atom is -0.322 e. The first kappa shape index (κ1) is 18.9. The number of nitrogens with one attached hydrogen (secondary N) is 1. The van der Waals surface area contributed by atoms with Crippen molar-refractivity contribution in [2.75, 3.05) is 16.8 Å². The number of amides is 1. The number of sulfone groups is 2. The zero-order valence-corrected chi connectivity index (χ0v) is 15.9. The van der Waals surface area contributed by atoms with E-state index in [-0.39, 0.29) is 28.4 Å². The van der Waals surface area contributed by atoms with Gasteiger partial charge in [-0.15, -0.1) is 0 Å². The molecule has 3 rings (SSSR count). The molecule has 0 aliphatic carbocycles. The van der Waals surface area contributed by atoms with E-state index in [0.717, 1.165) is 0 Å². The van der Waals surface area contributed by atoms with Crippen LogP contribution in [0.3, 0.4) is 0 Å². The lowest BCUT2D eigenvalue weighted by atomic mass is 10.2. The molecule has 0 spiro atoms. The molecule has 0 saturated carbocycles. The second-order valence-electron chi connectivity index (χ2n) is 6.06. The molecule has 1 saturated heterocycles. The number of hydrogen-bond acceptors (Lipinski definition) is 5. The Morgan fingerprint density at radius 3 is 2.38 bits per heavy atom.